The van der Waals surface area contributed by atoms with Gasteiger partial charge in [0.2, 0.25) is 0 Å². The number of carbonyl (C=O) groups is 1. The van der Waals surface area contributed by atoms with E-state index in [1.165, 1.54) is 6.92 Å². The van der Waals surface area contributed by atoms with Gasteiger partial charge in [-0.1, -0.05) is 12.1 Å². The van der Waals surface area contributed by atoms with Crippen molar-refractivity contribution in [2.24, 2.45) is 0 Å². The minimum Gasteiger partial charge on any atom is -0.363 e. The van der Waals surface area contributed by atoms with Gasteiger partial charge in [-0.2, -0.15) is 0 Å². The zero-order valence-electron chi connectivity index (χ0n) is 14.4. The quantitative estimate of drug-likeness (QED) is 0.468. The lowest BCUT2D eigenvalue weighted by molar-refractivity contribution is 0.101. The van der Waals surface area contributed by atoms with Gasteiger partial charge in [-0.15, -0.1) is 0 Å². The van der Waals surface area contributed by atoms with Crippen molar-refractivity contribution < 1.29 is 4.79 Å². The number of anilines is 3. The van der Waals surface area contributed by atoms with Crippen molar-refractivity contribution in [3.8, 4) is 0 Å². The van der Waals surface area contributed by atoms with Crippen LogP contribution in [0.3, 0.4) is 0 Å². The molecule has 1 aromatic carbocycles. The van der Waals surface area contributed by atoms with E-state index in [1.807, 2.05) is 31.2 Å². The van der Waals surface area contributed by atoms with E-state index in [4.69, 9.17) is 12.2 Å². The molecule has 0 spiro atoms. The number of rotatable bonds is 5. The van der Waals surface area contributed by atoms with Crippen LogP contribution < -0.4 is 16.0 Å². The fraction of sp³-hybridized carbons (Fsp3) is 0.167. The number of para-hydroxylation sites is 1. The first-order chi connectivity index (χ1) is 12.6. The van der Waals surface area contributed by atoms with Gasteiger partial charge in [0, 0.05) is 12.1 Å². The first-order valence-corrected chi connectivity index (χ1v) is 8.53. The molecule has 0 radical (unpaired) electrons. The van der Waals surface area contributed by atoms with Crippen LogP contribution in [0.25, 0.3) is 11.2 Å². The van der Waals surface area contributed by atoms with Gasteiger partial charge in [0.15, 0.2) is 22.4 Å². The SMILES string of the molecule is CCNC(=S)Nc1ccc2ncc(Nc3ccccc3C(C)=O)nc2n1. The van der Waals surface area contributed by atoms with Gasteiger partial charge >= 0.3 is 0 Å². The summed E-state index contributed by atoms with van der Waals surface area (Å²) in [5, 5.41) is 9.64. The summed E-state index contributed by atoms with van der Waals surface area (Å²) in [7, 11) is 0. The van der Waals surface area contributed by atoms with E-state index in [1.54, 1.807) is 18.3 Å². The average Bonchev–Trinajstić information content (AvgIpc) is 2.62. The Kier molecular flexibility index (Phi) is 5.33. The number of thiocarbonyl (C=S) groups is 1. The summed E-state index contributed by atoms with van der Waals surface area (Å²) in [5.74, 6) is 1.06. The van der Waals surface area contributed by atoms with Crippen LogP contribution in [0.15, 0.2) is 42.6 Å². The second kappa shape index (κ2) is 7.83. The first-order valence-electron chi connectivity index (χ1n) is 8.12. The zero-order valence-corrected chi connectivity index (χ0v) is 15.2. The molecule has 0 saturated heterocycles. The molecule has 7 nitrogen and oxygen atoms in total. The van der Waals surface area contributed by atoms with E-state index in [2.05, 4.69) is 30.9 Å². The monoisotopic (exact) mass is 366 g/mol. The van der Waals surface area contributed by atoms with Crippen LogP contribution in [0.5, 0.6) is 0 Å². The molecule has 0 bridgehead atoms. The Balaban J connectivity index is 1.88. The Labute approximate surface area is 156 Å². The van der Waals surface area contributed by atoms with Crippen LogP contribution in [-0.2, 0) is 0 Å². The Morgan fingerprint density at radius 2 is 1.88 bits per heavy atom. The molecule has 2 aromatic heterocycles. The Morgan fingerprint density at radius 1 is 1.12 bits per heavy atom. The number of nitrogens with one attached hydrogen (secondary N) is 3. The second-order valence-electron chi connectivity index (χ2n) is 5.51. The fourth-order valence-electron chi connectivity index (χ4n) is 2.39. The molecule has 0 amide bonds. The molecule has 3 rings (SSSR count). The number of hydrogen-bond acceptors (Lipinski definition) is 6. The van der Waals surface area contributed by atoms with E-state index < -0.39 is 0 Å². The van der Waals surface area contributed by atoms with Crippen molar-refractivity contribution in [2.75, 3.05) is 17.2 Å². The number of aromatic nitrogens is 3. The van der Waals surface area contributed by atoms with Crippen LogP contribution in [0.1, 0.15) is 24.2 Å². The molecule has 2 heterocycles. The molecule has 0 fully saturated rings. The third-order valence-corrected chi connectivity index (χ3v) is 3.80. The van der Waals surface area contributed by atoms with Gasteiger partial charge in [-0.05, 0) is 50.3 Å². The van der Waals surface area contributed by atoms with Crippen LogP contribution in [0, 0.1) is 0 Å². The number of ketones is 1. The molecule has 0 unspecified atom stereocenters. The molecule has 3 aromatic rings. The molecular formula is C18H18N6OS. The average molecular weight is 366 g/mol. The maximum atomic E-state index is 11.8. The van der Waals surface area contributed by atoms with E-state index in [9.17, 15) is 4.79 Å². The second-order valence-corrected chi connectivity index (χ2v) is 5.91. The standard InChI is InChI=1S/C18H18N6OS/c1-3-19-18(26)24-15-9-8-14-17(22-15)23-16(10-20-14)21-13-7-5-4-6-12(13)11(2)25/h4-10H,3H2,1-2H3,(H3,19,21,22,23,24,26). The van der Waals surface area contributed by atoms with E-state index in [0.29, 0.717) is 39.2 Å². The molecule has 0 aliphatic rings. The minimum atomic E-state index is -0.0246. The Hall–Kier alpha value is -3.13. The molecule has 0 atom stereocenters. The molecule has 8 heteroatoms. The number of pyridine rings is 1. The summed E-state index contributed by atoms with van der Waals surface area (Å²) >= 11 is 5.17. The van der Waals surface area contributed by atoms with Crippen molar-refractivity contribution in [1.29, 1.82) is 0 Å². The summed E-state index contributed by atoms with van der Waals surface area (Å²) in [6, 6.07) is 10.9. The number of Topliss-reactive ketones (excluding diaryl/α,β-unsaturated/α-hetero) is 1. The number of hydrogen-bond donors (Lipinski definition) is 3. The van der Waals surface area contributed by atoms with E-state index in [0.717, 1.165) is 6.54 Å². The highest BCUT2D eigenvalue weighted by Gasteiger charge is 2.09. The summed E-state index contributed by atoms with van der Waals surface area (Å²) in [6.45, 7) is 4.21. The lowest BCUT2D eigenvalue weighted by Gasteiger charge is -2.10. The predicted molar refractivity (Wildman–Crippen MR) is 107 cm³/mol. The maximum absolute atomic E-state index is 11.8. The number of carbonyl (C=O) groups excluding carboxylic acids is 1. The van der Waals surface area contributed by atoms with Gasteiger partial charge in [-0.3, -0.25) is 4.79 Å². The maximum Gasteiger partial charge on any atom is 0.182 e. The first kappa shape index (κ1) is 17.7. The van der Waals surface area contributed by atoms with Crippen molar-refractivity contribution in [2.45, 2.75) is 13.8 Å². The zero-order chi connectivity index (χ0) is 18.5. The molecule has 0 saturated carbocycles. The van der Waals surface area contributed by atoms with Crippen molar-refractivity contribution in [3.63, 3.8) is 0 Å². The summed E-state index contributed by atoms with van der Waals surface area (Å²) in [5.41, 5.74) is 2.40. The van der Waals surface area contributed by atoms with Crippen LogP contribution >= 0.6 is 12.2 Å². The topological polar surface area (TPSA) is 91.8 Å². The highest BCUT2D eigenvalue weighted by atomic mass is 32.1. The smallest absolute Gasteiger partial charge is 0.182 e. The lowest BCUT2D eigenvalue weighted by Crippen LogP contribution is -2.28. The normalized spacial score (nSPS) is 10.4. The van der Waals surface area contributed by atoms with E-state index >= 15 is 0 Å². The van der Waals surface area contributed by atoms with Gasteiger partial charge in [0.1, 0.15) is 11.3 Å². The highest BCUT2D eigenvalue weighted by Crippen LogP contribution is 2.21. The number of benzene rings is 1. The van der Waals surface area contributed by atoms with Crippen LogP contribution in [0.4, 0.5) is 17.3 Å². The van der Waals surface area contributed by atoms with Gasteiger partial charge < -0.3 is 16.0 Å². The van der Waals surface area contributed by atoms with Crippen molar-refractivity contribution in [3.05, 3.63) is 48.2 Å². The molecule has 0 aliphatic heterocycles. The number of fused-ring (bicyclic) bond motifs is 1. The molecular weight excluding hydrogens is 348 g/mol. The van der Waals surface area contributed by atoms with Gasteiger partial charge in [0.25, 0.3) is 0 Å². The third kappa shape index (κ3) is 4.09. The molecule has 132 valence electrons. The lowest BCUT2D eigenvalue weighted by atomic mass is 10.1. The van der Waals surface area contributed by atoms with Gasteiger partial charge in [0.05, 0.1) is 11.9 Å². The van der Waals surface area contributed by atoms with Gasteiger partial charge in [-0.25, -0.2) is 15.0 Å². The Bertz CT molecular complexity index is 975. The molecule has 3 N–H and O–H groups in total. The number of nitrogens with zero attached hydrogens (tertiary/aromatic N) is 3. The van der Waals surface area contributed by atoms with Crippen molar-refractivity contribution in [1.82, 2.24) is 20.3 Å². The molecule has 0 aliphatic carbocycles. The molecule has 26 heavy (non-hydrogen) atoms. The summed E-state index contributed by atoms with van der Waals surface area (Å²) in [4.78, 5) is 25.0. The van der Waals surface area contributed by atoms with E-state index in [-0.39, 0.29) is 5.78 Å². The van der Waals surface area contributed by atoms with Crippen LogP contribution in [0.2, 0.25) is 0 Å². The highest BCUT2D eigenvalue weighted by molar-refractivity contribution is 7.80. The largest absolute Gasteiger partial charge is 0.363 e. The van der Waals surface area contributed by atoms with Crippen molar-refractivity contribution >= 4 is 51.6 Å². The summed E-state index contributed by atoms with van der Waals surface area (Å²) in [6.07, 6.45) is 1.61. The predicted octanol–water partition coefficient (Wildman–Crippen LogP) is 3.28. The minimum absolute atomic E-state index is 0.0246. The summed E-state index contributed by atoms with van der Waals surface area (Å²) < 4.78 is 0. The fourth-order valence-corrected chi connectivity index (χ4v) is 2.63. The Morgan fingerprint density at radius 3 is 2.65 bits per heavy atom. The van der Waals surface area contributed by atoms with Crippen LogP contribution in [-0.4, -0.2) is 32.4 Å². The third-order valence-electron chi connectivity index (χ3n) is 3.55.